The number of fused-ring (bicyclic) bond motifs is 1. The monoisotopic (exact) mass is 354 g/mol. The lowest BCUT2D eigenvalue weighted by atomic mass is 10.3. The van der Waals surface area contributed by atoms with Crippen molar-refractivity contribution in [1.29, 1.82) is 0 Å². The number of oxazole rings is 1. The number of rotatable bonds is 6. The third-order valence-electron chi connectivity index (χ3n) is 4.46. The lowest BCUT2D eigenvalue weighted by molar-refractivity contribution is 0.258. The van der Waals surface area contributed by atoms with Crippen LogP contribution in [0.2, 0.25) is 0 Å². The Morgan fingerprint density at radius 2 is 1.84 bits per heavy atom. The summed E-state index contributed by atoms with van der Waals surface area (Å²) in [5.74, 6) is 2.13. The van der Waals surface area contributed by atoms with Crippen molar-refractivity contribution in [3.63, 3.8) is 0 Å². The number of anilines is 1. The summed E-state index contributed by atoms with van der Waals surface area (Å²) in [4.78, 5) is 13.8. The zero-order valence-corrected chi connectivity index (χ0v) is 15.0. The summed E-state index contributed by atoms with van der Waals surface area (Å²) in [5, 5.41) is 0.779. The average molecular weight is 354 g/mol. The molecule has 0 unspecified atom stereocenters. The van der Waals surface area contributed by atoms with Gasteiger partial charge in [-0.05, 0) is 37.2 Å². The fourth-order valence-electron chi connectivity index (χ4n) is 3.10. The number of piperazine rings is 1. The van der Waals surface area contributed by atoms with Crippen molar-refractivity contribution >= 4 is 28.7 Å². The van der Waals surface area contributed by atoms with Crippen LogP contribution in [0.3, 0.4) is 0 Å². The Hall–Kier alpha value is -2.05. The predicted molar refractivity (Wildman–Crippen MR) is 102 cm³/mol. The van der Waals surface area contributed by atoms with E-state index in [-0.39, 0.29) is 0 Å². The number of thioether (sulfide) groups is 1. The van der Waals surface area contributed by atoms with Crippen LogP contribution < -0.4 is 4.90 Å². The maximum Gasteiger partial charge on any atom is 0.256 e. The van der Waals surface area contributed by atoms with Gasteiger partial charge in [0.25, 0.3) is 5.22 Å². The van der Waals surface area contributed by atoms with Gasteiger partial charge in [-0.2, -0.15) is 0 Å². The molecule has 3 aromatic rings. The van der Waals surface area contributed by atoms with Crippen molar-refractivity contribution in [2.24, 2.45) is 0 Å². The van der Waals surface area contributed by atoms with Gasteiger partial charge in [-0.25, -0.2) is 9.97 Å². The molecule has 6 heteroatoms. The van der Waals surface area contributed by atoms with E-state index < -0.39 is 0 Å². The number of para-hydroxylation sites is 2. The maximum atomic E-state index is 5.75. The summed E-state index contributed by atoms with van der Waals surface area (Å²) in [6.07, 6.45) is 3.01. The summed E-state index contributed by atoms with van der Waals surface area (Å²) >= 11 is 1.71. The minimum absolute atomic E-state index is 0.779. The second-order valence-electron chi connectivity index (χ2n) is 6.17. The van der Waals surface area contributed by atoms with Gasteiger partial charge in [0.05, 0.1) is 0 Å². The van der Waals surface area contributed by atoms with Crippen molar-refractivity contribution in [2.45, 2.75) is 11.6 Å². The molecule has 130 valence electrons. The van der Waals surface area contributed by atoms with Crippen LogP contribution in [-0.4, -0.2) is 53.3 Å². The standard InChI is InChI=1S/C19H22N4OS/c1-2-7-17-16(6-1)21-19(24-17)25-15-5-10-22-11-13-23(14-12-22)18-8-3-4-9-20-18/h1-4,6-9H,5,10-15H2. The highest BCUT2D eigenvalue weighted by atomic mass is 32.2. The molecule has 1 aromatic carbocycles. The van der Waals surface area contributed by atoms with Gasteiger partial charge in [-0.3, -0.25) is 4.90 Å². The lowest BCUT2D eigenvalue weighted by Gasteiger charge is -2.35. The molecule has 25 heavy (non-hydrogen) atoms. The minimum Gasteiger partial charge on any atom is -0.431 e. The first kappa shape index (κ1) is 16.4. The molecule has 0 N–H and O–H groups in total. The molecule has 0 atom stereocenters. The third kappa shape index (κ3) is 4.14. The van der Waals surface area contributed by atoms with E-state index in [0.29, 0.717) is 0 Å². The average Bonchev–Trinajstić information content (AvgIpc) is 3.09. The molecule has 0 amide bonds. The summed E-state index contributed by atoms with van der Waals surface area (Å²) in [6.45, 7) is 5.43. The molecule has 0 saturated carbocycles. The Morgan fingerprint density at radius 1 is 1.00 bits per heavy atom. The highest BCUT2D eigenvalue weighted by Crippen LogP contribution is 2.23. The Morgan fingerprint density at radius 3 is 2.64 bits per heavy atom. The van der Waals surface area contributed by atoms with E-state index in [2.05, 4.69) is 31.9 Å². The molecule has 1 saturated heterocycles. The molecular weight excluding hydrogens is 332 g/mol. The van der Waals surface area contributed by atoms with Crippen molar-refractivity contribution in [2.75, 3.05) is 43.4 Å². The van der Waals surface area contributed by atoms with Crippen LogP contribution in [-0.2, 0) is 0 Å². The van der Waals surface area contributed by atoms with E-state index in [9.17, 15) is 0 Å². The van der Waals surface area contributed by atoms with Crippen LogP contribution >= 0.6 is 11.8 Å². The number of nitrogens with zero attached hydrogens (tertiary/aromatic N) is 4. The van der Waals surface area contributed by atoms with E-state index >= 15 is 0 Å². The SMILES string of the molecule is c1ccc(N2CCN(CCCSc3nc4ccccc4o3)CC2)nc1. The molecule has 0 bridgehead atoms. The van der Waals surface area contributed by atoms with Crippen LogP contribution in [0.4, 0.5) is 5.82 Å². The summed E-state index contributed by atoms with van der Waals surface area (Å²) in [7, 11) is 0. The Balaban J connectivity index is 1.18. The van der Waals surface area contributed by atoms with Crippen molar-refractivity contribution in [3.05, 3.63) is 48.7 Å². The molecule has 3 heterocycles. The fraction of sp³-hybridized carbons (Fsp3) is 0.368. The summed E-state index contributed by atoms with van der Waals surface area (Å²) in [5.41, 5.74) is 1.81. The Kier molecular flexibility index (Phi) is 5.18. The van der Waals surface area contributed by atoms with Crippen molar-refractivity contribution < 1.29 is 4.42 Å². The van der Waals surface area contributed by atoms with Gasteiger partial charge < -0.3 is 9.32 Å². The van der Waals surface area contributed by atoms with Crippen LogP contribution in [0.5, 0.6) is 0 Å². The topological polar surface area (TPSA) is 45.4 Å². The molecule has 0 aliphatic carbocycles. The molecule has 1 fully saturated rings. The van der Waals surface area contributed by atoms with Gasteiger partial charge in [0.15, 0.2) is 5.58 Å². The zero-order valence-electron chi connectivity index (χ0n) is 14.2. The van der Waals surface area contributed by atoms with E-state index in [0.717, 1.165) is 67.0 Å². The second kappa shape index (κ2) is 7.89. The molecule has 0 spiro atoms. The highest BCUT2D eigenvalue weighted by Gasteiger charge is 2.17. The van der Waals surface area contributed by atoms with Gasteiger partial charge in [-0.15, -0.1) is 0 Å². The van der Waals surface area contributed by atoms with Gasteiger partial charge in [-0.1, -0.05) is 30.0 Å². The number of benzene rings is 1. The van der Waals surface area contributed by atoms with E-state index in [1.54, 1.807) is 11.8 Å². The predicted octanol–water partition coefficient (Wildman–Crippen LogP) is 3.53. The van der Waals surface area contributed by atoms with Gasteiger partial charge in [0, 0.05) is 38.1 Å². The maximum absolute atomic E-state index is 5.75. The van der Waals surface area contributed by atoms with Crippen LogP contribution in [0.1, 0.15) is 6.42 Å². The molecular formula is C19H22N4OS. The zero-order chi connectivity index (χ0) is 16.9. The first-order valence-electron chi connectivity index (χ1n) is 8.75. The number of aromatic nitrogens is 2. The van der Waals surface area contributed by atoms with Crippen molar-refractivity contribution in [1.82, 2.24) is 14.9 Å². The normalized spacial score (nSPS) is 15.8. The molecule has 1 aliphatic heterocycles. The van der Waals surface area contributed by atoms with Crippen LogP contribution in [0, 0.1) is 0 Å². The molecule has 1 aliphatic rings. The highest BCUT2D eigenvalue weighted by molar-refractivity contribution is 7.99. The molecule has 5 nitrogen and oxygen atoms in total. The number of hydrogen-bond acceptors (Lipinski definition) is 6. The Labute approximate surface area is 152 Å². The summed E-state index contributed by atoms with van der Waals surface area (Å²) < 4.78 is 5.75. The molecule has 2 aromatic heterocycles. The van der Waals surface area contributed by atoms with Crippen LogP contribution in [0.15, 0.2) is 58.3 Å². The van der Waals surface area contributed by atoms with E-state index in [4.69, 9.17) is 4.42 Å². The largest absolute Gasteiger partial charge is 0.431 e. The quantitative estimate of drug-likeness (QED) is 0.498. The van der Waals surface area contributed by atoms with E-state index in [1.165, 1.54) is 0 Å². The summed E-state index contributed by atoms with van der Waals surface area (Å²) in [6, 6.07) is 14.0. The second-order valence-corrected chi connectivity index (χ2v) is 7.21. The number of pyridine rings is 1. The Bertz CT molecular complexity index is 766. The van der Waals surface area contributed by atoms with Gasteiger partial charge in [0.2, 0.25) is 0 Å². The van der Waals surface area contributed by atoms with Gasteiger partial charge in [0.1, 0.15) is 11.3 Å². The molecule has 4 rings (SSSR count). The number of hydrogen-bond donors (Lipinski definition) is 0. The van der Waals surface area contributed by atoms with Gasteiger partial charge >= 0.3 is 0 Å². The van der Waals surface area contributed by atoms with E-state index in [1.807, 2.05) is 36.5 Å². The third-order valence-corrected chi connectivity index (χ3v) is 5.38. The smallest absolute Gasteiger partial charge is 0.256 e. The van der Waals surface area contributed by atoms with Crippen molar-refractivity contribution in [3.8, 4) is 0 Å². The fourth-order valence-corrected chi connectivity index (χ4v) is 3.86. The minimum atomic E-state index is 0.779. The molecule has 0 radical (unpaired) electrons. The van der Waals surface area contributed by atoms with Crippen LogP contribution in [0.25, 0.3) is 11.1 Å². The first-order valence-corrected chi connectivity index (χ1v) is 9.74. The lowest BCUT2D eigenvalue weighted by Crippen LogP contribution is -2.47. The first-order chi connectivity index (χ1) is 12.4.